The minimum absolute atomic E-state index is 0.477. The third-order valence-electron chi connectivity index (χ3n) is 4.34. The molecule has 1 heterocycles. The smallest absolute Gasteiger partial charge is 0.191 e. The number of benzene rings is 1. The number of aliphatic imine (C=N–C) groups is 1. The monoisotopic (exact) mass is 314 g/mol. The standard InChI is InChI=1S/C18H26N4O/c1-19-18(21-16-4-2-3-5-16)20-14-15-6-8-17(9-7-15)22-10-12-23-13-11-22/h2-3,6-9,16H,4-5,10-14H2,1H3,(H2,19,20,21). The number of ether oxygens (including phenoxy) is 1. The van der Waals surface area contributed by atoms with Crippen LogP contribution < -0.4 is 15.5 Å². The van der Waals surface area contributed by atoms with Crippen molar-refractivity contribution in [1.29, 1.82) is 0 Å². The number of nitrogens with zero attached hydrogens (tertiary/aromatic N) is 2. The van der Waals surface area contributed by atoms with Gasteiger partial charge in [-0.3, -0.25) is 4.99 Å². The van der Waals surface area contributed by atoms with E-state index in [2.05, 4.69) is 56.9 Å². The summed E-state index contributed by atoms with van der Waals surface area (Å²) < 4.78 is 5.40. The van der Waals surface area contributed by atoms with E-state index in [0.717, 1.165) is 51.6 Å². The minimum Gasteiger partial charge on any atom is -0.378 e. The van der Waals surface area contributed by atoms with E-state index in [1.165, 1.54) is 11.3 Å². The highest BCUT2D eigenvalue weighted by atomic mass is 16.5. The second kappa shape index (κ2) is 8.02. The lowest BCUT2D eigenvalue weighted by atomic mass is 10.2. The Morgan fingerprint density at radius 1 is 1.17 bits per heavy atom. The van der Waals surface area contributed by atoms with Gasteiger partial charge in [-0.15, -0.1) is 0 Å². The molecule has 0 saturated carbocycles. The van der Waals surface area contributed by atoms with E-state index < -0.39 is 0 Å². The van der Waals surface area contributed by atoms with Crippen LogP contribution >= 0.6 is 0 Å². The first kappa shape index (κ1) is 15.9. The van der Waals surface area contributed by atoms with Crippen molar-refractivity contribution in [2.24, 2.45) is 4.99 Å². The Balaban J connectivity index is 1.49. The molecular weight excluding hydrogens is 288 g/mol. The van der Waals surface area contributed by atoms with Gasteiger partial charge in [0.1, 0.15) is 0 Å². The summed E-state index contributed by atoms with van der Waals surface area (Å²) in [5.74, 6) is 0.871. The predicted molar refractivity (Wildman–Crippen MR) is 95.0 cm³/mol. The molecule has 5 nitrogen and oxygen atoms in total. The van der Waals surface area contributed by atoms with E-state index in [9.17, 15) is 0 Å². The molecule has 0 aromatic heterocycles. The normalized spacial score (nSPS) is 19.2. The molecule has 0 radical (unpaired) electrons. The van der Waals surface area contributed by atoms with E-state index in [1.807, 2.05) is 7.05 Å². The van der Waals surface area contributed by atoms with Gasteiger partial charge in [0, 0.05) is 38.4 Å². The van der Waals surface area contributed by atoms with Gasteiger partial charge in [0.05, 0.1) is 13.2 Å². The van der Waals surface area contributed by atoms with Crippen LogP contribution in [0.2, 0.25) is 0 Å². The Morgan fingerprint density at radius 2 is 1.87 bits per heavy atom. The van der Waals surface area contributed by atoms with Gasteiger partial charge in [0.25, 0.3) is 0 Å². The molecule has 1 aromatic carbocycles. The fourth-order valence-electron chi connectivity index (χ4n) is 2.95. The summed E-state index contributed by atoms with van der Waals surface area (Å²) in [7, 11) is 1.82. The Labute approximate surface area is 138 Å². The van der Waals surface area contributed by atoms with Gasteiger partial charge < -0.3 is 20.3 Å². The van der Waals surface area contributed by atoms with Crippen LogP contribution in [0.15, 0.2) is 41.4 Å². The molecule has 1 aromatic rings. The van der Waals surface area contributed by atoms with Gasteiger partial charge in [0.15, 0.2) is 5.96 Å². The number of rotatable bonds is 4. The molecule has 124 valence electrons. The highest BCUT2D eigenvalue weighted by Crippen LogP contribution is 2.16. The molecule has 2 aliphatic rings. The maximum Gasteiger partial charge on any atom is 0.191 e. The van der Waals surface area contributed by atoms with Gasteiger partial charge in [-0.25, -0.2) is 0 Å². The molecule has 1 fully saturated rings. The summed E-state index contributed by atoms with van der Waals surface area (Å²) >= 11 is 0. The van der Waals surface area contributed by atoms with Crippen LogP contribution in [-0.4, -0.2) is 45.4 Å². The zero-order valence-corrected chi connectivity index (χ0v) is 13.8. The first-order valence-corrected chi connectivity index (χ1v) is 8.39. The summed E-state index contributed by atoms with van der Waals surface area (Å²) in [6.07, 6.45) is 6.59. The van der Waals surface area contributed by atoms with E-state index in [-0.39, 0.29) is 0 Å². The van der Waals surface area contributed by atoms with E-state index >= 15 is 0 Å². The zero-order chi connectivity index (χ0) is 15.9. The molecule has 23 heavy (non-hydrogen) atoms. The second-order valence-electron chi connectivity index (χ2n) is 5.98. The van der Waals surface area contributed by atoms with Crippen LogP contribution in [0, 0.1) is 0 Å². The maximum atomic E-state index is 5.40. The first-order chi connectivity index (χ1) is 11.3. The molecule has 2 N–H and O–H groups in total. The van der Waals surface area contributed by atoms with Crippen LogP contribution in [0.4, 0.5) is 5.69 Å². The topological polar surface area (TPSA) is 48.9 Å². The van der Waals surface area contributed by atoms with E-state index in [0.29, 0.717) is 6.04 Å². The SMILES string of the molecule is CN=C(NCc1ccc(N2CCOCC2)cc1)NC1CC=CC1. The van der Waals surface area contributed by atoms with Crippen molar-refractivity contribution in [3.8, 4) is 0 Å². The Morgan fingerprint density at radius 3 is 2.52 bits per heavy atom. The summed E-state index contributed by atoms with van der Waals surface area (Å²) in [6, 6.07) is 9.23. The van der Waals surface area contributed by atoms with Crippen molar-refractivity contribution in [1.82, 2.24) is 10.6 Å². The maximum absolute atomic E-state index is 5.40. The van der Waals surface area contributed by atoms with E-state index in [4.69, 9.17) is 4.74 Å². The summed E-state index contributed by atoms with van der Waals surface area (Å²) in [6.45, 7) is 4.37. The number of anilines is 1. The summed E-state index contributed by atoms with van der Waals surface area (Å²) in [4.78, 5) is 6.67. The third kappa shape index (κ3) is 4.48. The minimum atomic E-state index is 0.477. The van der Waals surface area contributed by atoms with Crippen LogP contribution in [0.25, 0.3) is 0 Å². The summed E-state index contributed by atoms with van der Waals surface area (Å²) in [5.41, 5.74) is 2.53. The fourth-order valence-corrected chi connectivity index (χ4v) is 2.95. The number of hydrogen-bond donors (Lipinski definition) is 2. The largest absolute Gasteiger partial charge is 0.378 e. The van der Waals surface area contributed by atoms with Crippen molar-refractivity contribution in [2.45, 2.75) is 25.4 Å². The van der Waals surface area contributed by atoms with Crippen LogP contribution in [0.1, 0.15) is 18.4 Å². The molecule has 0 unspecified atom stereocenters. The molecule has 1 aliphatic heterocycles. The average molecular weight is 314 g/mol. The lowest BCUT2D eigenvalue weighted by Gasteiger charge is -2.29. The predicted octanol–water partition coefficient (Wildman–Crippen LogP) is 1.91. The third-order valence-corrected chi connectivity index (χ3v) is 4.34. The zero-order valence-electron chi connectivity index (χ0n) is 13.8. The second-order valence-corrected chi connectivity index (χ2v) is 5.98. The molecule has 1 saturated heterocycles. The van der Waals surface area contributed by atoms with Crippen molar-refractivity contribution < 1.29 is 4.74 Å². The van der Waals surface area contributed by atoms with Gasteiger partial charge in [-0.1, -0.05) is 24.3 Å². The van der Waals surface area contributed by atoms with Crippen LogP contribution in [-0.2, 0) is 11.3 Å². The highest BCUT2D eigenvalue weighted by molar-refractivity contribution is 5.80. The van der Waals surface area contributed by atoms with Crippen molar-refractivity contribution in [2.75, 3.05) is 38.3 Å². The highest BCUT2D eigenvalue weighted by Gasteiger charge is 2.12. The van der Waals surface area contributed by atoms with Crippen molar-refractivity contribution in [3.63, 3.8) is 0 Å². The number of morpholine rings is 1. The Bertz CT molecular complexity index is 539. The van der Waals surface area contributed by atoms with Gasteiger partial charge in [-0.05, 0) is 30.5 Å². The fraction of sp³-hybridized carbons (Fsp3) is 0.500. The first-order valence-electron chi connectivity index (χ1n) is 8.39. The van der Waals surface area contributed by atoms with E-state index in [1.54, 1.807) is 0 Å². The Kier molecular flexibility index (Phi) is 5.53. The molecule has 0 spiro atoms. The number of nitrogens with one attached hydrogen (secondary N) is 2. The van der Waals surface area contributed by atoms with Gasteiger partial charge >= 0.3 is 0 Å². The molecule has 0 bridgehead atoms. The average Bonchev–Trinajstić information content (AvgIpc) is 3.13. The van der Waals surface area contributed by atoms with Gasteiger partial charge in [-0.2, -0.15) is 0 Å². The van der Waals surface area contributed by atoms with Gasteiger partial charge in [0.2, 0.25) is 0 Å². The molecule has 0 atom stereocenters. The molecule has 5 heteroatoms. The Hall–Kier alpha value is -2.01. The molecule has 3 rings (SSSR count). The summed E-state index contributed by atoms with van der Waals surface area (Å²) in [5, 5.41) is 6.84. The number of hydrogen-bond acceptors (Lipinski definition) is 3. The van der Waals surface area contributed by atoms with Crippen molar-refractivity contribution in [3.05, 3.63) is 42.0 Å². The quantitative estimate of drug-likeness (QED) is 0.506. The molecular formula is C18H26N4O. The van der Waals surface area contributed by atoms with Crippen molar-refractivity contribution >= 4 is 11.6 Å². The molecule has 1 aliphatic carbocycles. The van der Waals surface area contributed by atoms with Crippen LogP contribution in [0.3, 0.4) is 0 Å². The lowest BCUT2D eigenvalue weighted by Crippen LogP contribution is -2.42. The lowest BCUT2D eigenvalue weighted by molar-refractivity contribution is 0.122. The molecule has 0 amide bonds. The number of guanidine groups is 1. The van der Waals surface area contributed by atoms with Crippen LogP contribution in [0.5, 0.6) is 0 Å².